The molecule has 0 aliphatic carbocycles. The Balaban J connectivity index is 2.74. The quantitative estimate of drug-likeness (QED) is 0.259. The van der Waals surface area contributed by atoms with Crippen molar-refractivity contribution in [1.82, 2.24) is 10.6 Å². The number of hydrogen-bond acceptors (Lipinski definition) is 8. The van der Waals surface area contributed by atoms with E-state index in [4.69, 9.17) is 14.2 Å². The lowest BCUT2D eigenvalue weighted by molar-refractivity contribution is -0.148. The van der Waals surface area contributed by atoms with E-state index in [9.17, 15) is 19.2 Å². The monoisotopic (exact) mass is 468 g/mol. The second kappa shape index (κ2) is 13.6. The molecule has 0 unspecified atom stereocenters. The van der Waals surface area contributed by atoms with Crippen LogP contribution in [0.5, 0.6) is 0 Å². The maximum Gasteiger partial charge on any atom is 0.408 e. The van der Waals surface area contributed by atoms with Gasteiger partial charge in [0.25, 0.3) is 0 Å². The van der Waals surface area contributed by atoms with Crippen LogP contribution in [0.3, 0.4) is 0 Å². The fourth-order valence-electron chi connectivity index (χ4n) is 2.49. The lowest BCUT2D eigenvalue weighted by atomic mass is 10.1. The minimum absolute atomic E-state index is 0.0168. The molecule has 0 radical (unpaired) electrons. The molecule has 32 heavy (non-hydrogen) atoms. The fraction of sp³-hybridized carbons (Fsp3) is 0.545. The van der Waals surface area contributed by atoms with Gasteiger partial charge in [-0.15, -0.1) is 0 Å². The van der Waals surface area contributed by atoms with Crippen LogP contribution in [0.2, 0.25) is 0 Å². The molecule has 1 aromatic carbocycles. The lowest BCUT2D eigenvalue weighted by Gasteiger charge is -2.23. The molecule has 0 heterocycles. The summed E-state index contributed by atoms with van der Waals surface area (Å²) in [6, 6.07) is 7.03. The molecule has 178 valence electrons. The van der Waals surface area contributed by atoms with Crippen molar-refractivity contribution in [2.75, 3.05) is 12.4 Å². The van der Waals surface area contributed by atoms with Gasteiger partial charge in [-0.2, -0.15) is 12.6 Å². The molecule has 10 heteroatoms. The first-order chi connectivity index (χ1) is 15.1. The zero-order valence-electron chi connectivity index (χ0n) is 18.9. The summed E-state index contributed by atoms with van der Waals surface area (Å²) in [4.78, 5) is 48.9. The van der Waals surface area contributed by atoms with Crippen LogP contribution in [-0.2, 0) is 35.2 Å². The highest BCUT2D eigenvalue weighted by Gasteiger charge is 2.27. The molecule has 1 aromatic rings. The Morgan fingerprint density at radius 3 is 2.16 bits per heavy atom. The van der Waals surface area contributed by atoms with Crippen molar-refractivity contribution in [3.63, 3.8) is 0 Å². The summed E-state index contributed by atoms with van der Waals surface area (Å²) < 4.78 is 15.4. The van der Waals surface area contributed by atoms with Gasteiger partial charge in [0.1, 0.15) is 24.3 Å². The first-order valence-corrected chi connectivity index (χ1v) is 11.0. The molecule has 2 N–H and O–H groups in total. The molecular weight excluding hydrogens is 436 g/mol. The molecule has 2 atom stereocenters. The van der Waals surface area contributed by atoms with Crippen molar-refractivity contribution < 1.29 is 33.4 Å². The molecule has 0 fully saturated rings. The van der Waals surface area contributed by atoms with Crippen LogP contribution >= 0.6 is 12.6 Å². The summed E-state index contributed by atoms with van der Waals surface area (Å²) >= 11 is 4.05. The van der Waals surface area contributed by atoms with Crippen LogP contribution in [0.15, 0.2) is 30.3 Å². The van der Waals surface area contributed by atoms with Gasteiger partial charge in [0.15, 0.2) is 0 Å². The van der Waals surface area contributed by atoms with Crippen molar-refractivity contribution in [1.29, 1.82) is 0 Å². The minimum Gasteiger partial charge on any atom is -0.464 e. The van der Waals surface area contributed by atoms with E-state index in [0.29, 0.717) is 0 Å². The van der Waals surface area contributed by atoms with E-state index < -0.39 is 41.6 Å². The Morgan fingerprint density at radius 2 is 1.59 bits per heavy atom. The summed E-state index contributed by atoms with van der Waals surface area (Å²) in [5.41, 5.74) is 0.0139. The van der Waals surface area contributed by atoms with Gasteiger partial charge in [-0.3, -0.25) is 4.79 Å². The van der Waals surface area contributed by atoms with E-state index in [-0.39, 0.29) is 31.8 Å². The Bertz CT molecular complexity index is 765. The molecule has 9 nitrogen and oxygen atoms in total. The van der Waals surface area contributed by atoms with E-state index in [0.717, 1.165) is 5.56 Å². The number of ether oxygens (including phenoxy) is 3. The Kier molecular flexibility index (Phi) is 11.6. The number of benzene rings is 1. The van der Waals surface area contributed by atoms with Crippen LogP contribution in [0.25, 0.3) is 0 Å². The number of nitrogens with one attached hydrogen (secondary N) is 2. The predicted molar refractivity (Wildman–Crippen MR) is 121 cm³/mol. The molecule has 0 aromatic heterocycles. The van der Waals surface area contributed by atoms with Gasteiger partial charge in [-0.25, -0.2) is 14.4 Å². The molecule has 0 saturated heterocycles. The van der Waals surface area contributed by atoms with Crippen LogP contribution < -0.4 is 10.6 Å². The van der Waals surface area contributed by atoms with E-state index in [2.05, 4.69) is 23.3 Å². The molecule has 0 bridgehead atoms. The zero-order chi connectivity index (χ0) is 24.1. The maximum absolute atomic E-state index is 12.6. The summed E-state index contributed by atoms with van der Waals surface area (Å²) in [7, 11) is 0. The average molecular weight is 469 g/mol. The summed E-state index contributed by atoms with van der Waals surface area (Å²) in [5, 5.41) is 4.96. The standard InChI is InChI=1S/C22H32N2O7S/c1-5-29-20(27)17(14-32)23-18(25)12-11-16(24-21(28)31-22(2,3)4)19(26)30-13-15-9-7-6-8-10-15/h6-10,16-17,32H,5,11-14H2,1-4H3,(H,23,25)(H,24,28)/t16-,17-/m0/s1. The normalized spacial score (nSPS) is 12.8. The third-order valence-electron chi connectivity index (χ3n) is 3.95. The van der Waals surface area contributed by atoms with E-state index in [1.165, 1.54) is 0 Å². The van der Waals surface area contributed by atoms with Gasteiger partial charge in [0, 0.05) is 12.2 Å². The second-order valence-electron chi connectivity index (χ2n) is 7.89. The van der Waals surface area contributed by atoms with Gasteiger partial charge in [-0.05, 0) is 39.7 Å². The summed E-state index contributed by atoms with van der Waals surface area (Å²) in [6.07, 6.45) is -1.01. The van der Waals surface area contributed by atoms with Gasteiger partial charge in [-0.1, -0.05) is 30.3 Å². The van der Waals surface area contributed by atoms with Crippen LogP contribution in [0.1, 0.15) is 46.1 Å². The summed E-state index contributed by atoms with van der Waals surface area (Å²) in [6.45, 7) is 6.92. The number of alkyl carbamates (subject to hydrolysis) is 1. The first-order valence-electron chi connectivity index (χ1n) is 10.3. The van der Waals surface area contributed by atoms with E-state index in [1.807, 2.05) is 18.2 Å². The molecule has 0 saturated carbocycles. The van der Waals surface area contributed by atoms with Crippen molar-refractivity contribution in [2.24, 2.45) is 0 Å². The molecular formula is C22H32N2O7S. The third-order valence-corrected chi connectivity index (χ3v) is 4.31. The van der Waals surface area contributed by atoms with Crippen molar-refractivity contribution in [3.8, 4) is 0 Å². The van der Waals surface area contributed by atoms with Crippen LogP contribution in [-0.4, -0.2) is 54.0 Å². The highest BCUT2D eigenvalue weighted by Crippen LogP contribution is 2.10. The number of esters is 2. The molecule has 0 spiro atoms. The topological polar surface area (TPSA) is 120 Å². The molecule has 0 aliphatic rings. The van der Waals surface area contributed by atoms with Crippen molar-refractivity contribution in [2.45, 2.75) is 64.8 Å². The van der Waals surface area contributed by atoms with Crippen LogP contribution in [0.4, 0.5) is 4.79 Å². The zero-order valence-corrected chi connectivity index (χ0v) is 19.8. The van der Waals surface area contributed by atoms with Crippen LogP contribution in [0, 0.1) is 0 Å². The van der Waals surface area contributed by atoms with Gasteiger partial charge in [0.2, 0.25) is 5.91 Å². The number of carbonyl (C=O) groups is 4. The van der Waals surface area contributed by atoms with Gasteiger partial charge in [0.05, 0.1) is 6.61 Å². The number of carbonyl (C=O) groups excluding carboxylic acids is 4. The smallest absolute Gasteiger partial charge is 0.408 e. The Hall–Kier alpha value is -2.75. The lowest BCUT2D eigenvalue weighted by Crippen LogP contribution is -2.46. The third kappa shape index (κ3) is 11.0. The Morgan fingerprint density at radius 1 is 0.969 bits per heavy atom. The number of thiol groups is 1. The SMILES string of the molecule is CCOC(=O)[C@H](CS)NC(=O)CC[C@H](NC(=O)OC(C)(C)C)C(=O)OCc1ccccc1. The fourth-order valence-corrected chi connectivity index (χ4v) is 2.73. The maximum atomic E-state index is 12.6. The first kappa shape index (κ1) is 27.3. The molecule has 2 amide bonds. The van der Waals surface area contributed by atoms with Gasteiger partial charge < -0.3 is 24.8 Å². The number of hydrogen-bond donors (Lipinski definition) is 3. The molecule has 1 rings (SSSR count). The highest BCUT2D eigenvalue weighted by atomic mass is 32.1. The largest absolute Gasteiger partial charge is 0.464 e. The number of rotatable bonds is 11. The van der Waals surface area contributed by atoms with E-state index >= 15 is 0 Å². The van der Waals surface area contributed by atoms with E-state index in [1.54, 1.807) is 39.8 Å². The van der Waals surface area contributed by atoms with Crippen molar-refractivity contribution >= 4 is 36.6 Å². The number of amides is 2. The van der Waals surface area contributed by atoms with Gasteiger partial charge >= 0.3 is 18.0 Å². The molecule has 0 aliphatic heterocycles. The summed E-state index contributed by atoms with van der Waals surface area (Å²) in [5.74, 6) is -1.74. The Labute approximate surface area is 194 Å². The minimum atomic E-state index is -1.11. The highest BCUT2D eigenvalue weighted by molar-refractivity contribution is 7.80. The average Bonchev–Trinajstić information content (AvgIpc) is 2.72. The predicted octanol–water partition coefficient (Wildman–Crippen LogP) is 2.38. The second-order valence-corrected chi connectivity index (χ2v) is 8.25. The van der Waals surface area contributed by atoms with Crippen molar-refractivity contribution in [3.05, 3.63) is 35.9 Å².